The van der Waals surface area contributed by atoms with E-state index in [0.29, 0.717) is 35.2 Å². The van der Waals surface area contributed by atoms with Crippen molar-refractivity contribution in [1.82, 2.24) is 15.1 Å². The van der Waals surface area contributed by atoms with Crippen LogP contribution < -0.4 is 14.8 Å². The van der Waals surface area contributed by atoms with Crippen molar-refractivity contribution in [2.75, 3.05) is 33.1 Å². The average molecular weight is 344 g/mol. The van der Waals surface area contributed by atoms with Gasteiger partial charge in [0.05, 0.1) is 19.9 Å². The average Bonchev–Trinajstić information content (AvgIpc) is 2.66. The Labute approximate surface area is 148 Å². The predicted molar refractivity (Wildman–Crippen MR) is 96.7 cm³/mol. The summed E-state index contributed by atoms with van der Waals surface area (Å²) in [7, 11) is 4.96. The van der Waals surface area contributed by atoms with Crippen molar-refractivity contribution in [2.45, 2.75) is 19.8 Å². The van der Waals surface area contributed by atoms with Crippen LogP contribution in [0, 0.1) is 0 Å². The largest absolute Gasteiger partial charge is 0.497 e. The number of unbranched alkanes of at least 4 members (excludes halogenated alkanes) is 1. The smallest absolute Gasteiger partial charge is 0.274 e. The first kappa shape index (κ1) is 18.5. The molecule has 0 aliphatic carbocycles. The number of aromatic nitrogens is 2. The molecule has 0 bridgehead atoms. The quantitative estimate of drug-likeness (QED) is 0.793. The van der Waals surface area contributed by atoms with E-state index in [1.54, 1.807) is 50.4 Å². The highest BCUT2D eigenvalue weighted by atomic mass is 16.5. The van der Waals surface area contributed by atoms with Crippen LogP contribution in [0.4, 0.5) is 11.5 Å². The van der Waals surface area contributed by atoms with E-state index in [1.165, 1.54) is 0 Å². The Hall–Kier alpha value is -2.83. The molecule has 1 aromatic heterocycles. The number of anilines is 2. The van der Waals surface area contributed by atoms with Crippen molar-refractivity contribution in [3.8, 4) is 11.5 Å². The van der Waals surface area contributed by atoms with Gasteiger partial charge in [0.15, 0.2) is 11.5 Å². The molecular weight excluding hydrogens is 320 g/mol. The first-order valence-electron chi connectivity index (χ1n) is 8.17. The second-order valence-corrected chi connectivity index (χ2v) is 5.58. The minimum atomic E-state index is -0.133. The van der Waals surface area contributed by atoms with Gasteiger partial charge >= 0.3 is 0 Å². The van der Waals surface area contributed by atoms with Gasteiger partial charge in [0, 0.05) is 19.7 Å². The van der Waals surface area contributed by atoms with Crippen LogP contribution in [0.15, 0.2) is 30.3 Å². The standard InChI is InChI=1S/C18H24N4O3/c1-5-6-11-22(2)18(23)14-8-10-17(21-20-14)19-15-12-13(24-3)7-9-16(15)25-4/h7-10,12H,5-6,11H2,1-4H3,(H,19,21). The Morgan fingerprint density at radius 3 is 2.56 bits per heavy atom. The maximum atomic E-state index is 12.3. The first-order chi connectivity index (χ1) is 12.1. The van der Waals surface area contributed by atoms with Crippen LogP contribution in [0.25, 0.3) is 0 Å². The van der Waals surface area contributed by atoms with Gasteiger partial charge in [-0.3, -0.25) is 4.79 Å². The summed E-state index contributed by atoms with van der Waals surface area (Å²) in [5, 5.41) is 11.2. The van der Waals surface area contributed by atoms with Crippen LogP contribution in [-0.4, -0.2) is 48.8 Å². The molecule has 0 saturated heterocycles. The van der Waals surface area contributed by atoms with E-state index in [1.807, 2.05) is 6.07 Å². The summed E-state index contributed by atoms with van der Waals surface area (Å²) in [5.41, 5.74) is 1.03. The number of rotatable bonds is 8. The van der Waals surface area contributed by atoms with E-state index in [4.69, 9.17) is 9.47 Å². The number of carbonyl (C=O) groups is 1. The maximum Gasteiger partial charge on any atom is 0.274 e. The van der Waals surface area contributed by atoms with Gasteiger partial charge < -0.3 is 19.7 Å². The molecular formula is C18H24N4O3. The number of carbonyl (C=O) groups excluding carboxylic acids is 1. The van der Waals surface area contributed by atoms with E-state index in [9.17, 15) is 4.79 Å². The van der Waals surface area contributed by atoms with E-state index >= 15 is 0 Å². The molecule has 0 spiro atoms. The fourth-order valence-corrected chi connectivity index (χ4v) is 2.26. The van der Waals surface area contributed by atoms with Gasteiger partial charge in [-0.1, -0.05) is 13.3 Å². The van der Waals surface area contributed by atoms with Crippen LogP contribution >= 0.6 is 0 Å². The molecule has 0 radical (unpaired) electrons. The monoisotopic (exact) mass is 344 g/mol. The zero-order valence-corrected chi connectivity index (χ0v) is 15.1. The molecule has 2 aromatic rings. The molecule has 1 N–H and O–H groups in total. The number of hydrogen-bond donors (Lipinski definition) is 1. The molecule has 1 heterocycles. The van der Waals surface area contributed by atoms with Crippen molar-refractivity contribution in [2.24, 2.45) is 0 Å². The highest BCUT2D eigenvalue weighted by Gasteiger charge is 2.14. The van der Waals surface area contributed by atoms with Gasteiger partial charge in [-0.05, 0) is 30.7 Å². The SMILES string of the molecule is CCCCN(C)C(=O)c1ccc(Nc2cc(OC)ccc2OC)nn1. The van der Waals surface area contributed by atoms with Gasteiger partial charge in [0.25, 0.3) is 5.91 Å². The molecule has 25 heavy (non-hydrogen) atoms. The Morgan fingerprint density at radius 2 is 1.96 bits per heavy atom. The highest BCUT2D eigenvalue weighted by molar-refractivity contribution is 5.92. The third-order valence-electron chi connectivity index (χ3n) is 3.75. The lowest BCUT2D eigenvalue weighted by Crippen LogP contribution is -2.28. The second-order valence-electron chi connectivity index (χ2n) is 5.58. The second kappa shape index (κ2) is 8.86. The first-order valence-corrected chi connectivity index (χ1v) is 8.17. The maximum absolute atomic E-state index is 12.3. The van der Waals surface area contributed by atoms with Gasteiger partial charge in [0.1, 0.15) is 11.5 Å². The number of amides is 1. The molecule has 0 aliphatic heterocycles. The summed E-state index contributed by atoms with van der Waals surface area (Å²) in [6.45, 7) is 2.80. The zero-order valence-electron chi connectivity index (χ0n) is 15.1. The molecule has 2 rings (SSSR count). The van der Waals surface area contributed by atoms with Crippen molar-refractivity contribution in [1.29, 1.82) is 0 Å². The van der Waals surface area contributed by atoms with Crippen LogP contribution in [0.1, 0.15) is 30.3 Å². The van der Waals surface area contributed by atoms with Crippen LogP contribution in [-0.2, 0) is 0 Å². The van der Waals surface area contributed by atoms with Gasteiger partial charge in [-0.2, -0.15) is 0 Å². The molecule has 7 nitrogen and oxygen atoms in total. The zero-order chi connectivity index (χ0) is 18.2. The molecule has 134 valence electrons. The minimum absolute atomic E-state index is 0.133. The van der Waals surface area contributed by atoms with E-state index in [2.05, 4.69) is 22.4 Å². The predicted octanol–water partition coefficient (Wildman–Crippen LogP) is 3.11. The van der Waals surface area contributed by atoms with Gasteiger partial charge in [-0.15, -0.1) is 10.2 Å². The lowest BCUT2D eigenvalue weighted by atomic mass is 10.2. The van der Waals surface area contributed by atoms with Crippen molar-refractivity contribution in [3.05, 3.63) is 36.0 Å². The molecule has 0 unspecified atom stereocenters. The summed E-state index contributed by atoms with van der Waals surface area (Å²) in [6, 6.07) is 8.79. The number of hydrogen-bond acceptors (Lipinski definition) is 6. The summed E-state index contributed by atoms with van der Waals surface area (Å²) < 4.78 is 10.5. The molecule has 1 aromatic carbocycles. The lowest BCUT2D eigenvalue weighted by molar-refractivity contribution is 0.0786. The molecule has 0 aliphatic rings. The van der Waals surface area contributed by atoms with Crippen LogP contribution in [0.3, 0.4) is 0 Å². The summed E-state index contributed by atoms with van der Waals surface area (Å²) in [4.78, 5) is 13.9. The Kier molecular flexibility index (Phi) is 6.56. The number of ether oxygens (including phenoxy) is 2. The fourth-order valence-electron chi connectivity index (χ4n) is 2.26. The highest BCUT2D eigenvalue weighted by Crippen LogP contribution is 2.30. The van der Waals surface area contributed by atoms with Gasteiger partial charge in [-0.25, -0.2) is 0 Å². The van der Waals surface area contributed by atoms with Crippen LogP contribution in [0.2, 0.25) is 0 Å². The topological polar surface area (TPSA) is 76.6 Å². The molecule has 0 fully saturated rings. The Balaban J connectivity index is 2.11. The van der Waals surface area contributed by atoms with E-state index < -0.39 is 0 Å². The third kappa shape index (κ3) is 4.82. The Bertz CT molecular complexity index is 704. The van der Waals surface area contributed by atoms with Crippen LogP contribution in [0.5, 0.6) is 11.5 Å². The molecule has 7 heteroatoms. The summed E-state index contributed by atoms with van der Waals surface area (Å²) in [6.07, 6.45) is 2.00. The van der Waals surface area contributed by atoms with E-state index in [0.717, 1.165) is 12.8 Å². The molecule has 0 saturated carbocycles. The normalized spacial score (nSPS) is 10.2. The van der Waals surface area contributed by atoms with Gasteiger partial charge in [0.2, 0.25) is 0 Å². The molecule has 1 amide bonds. The summed E-state index contributed by atoms with van der Waals surface area (Å²) in [5.74, 6) is 1.73. The Morgan fingerprint density at radius 1 is 1.16 bits per heavy atom. The van der Waals surface area contributed by atoms with Crippen molar-refractivity contribution >= 4 is 17.4 Å². The number of nitrogens with zero attached hydrogens (tertiary/aromatic N) is 3. The number of methoxy groups -OCH3 is 2. The lowest BCUT2D eigenvalue weighted by Gasteiger charge is -2.16. The number of benzene rings is 1. The van der Waals surface area contributed by atoms with Crippen molar-refractivity contribution < 1.29 is 14.3 Å². The summed E-state index contributed by atoms with van der Waals surface area (Å²) >= 11 is 0. The van der Waals surface area contributed by atoms with E-state index in [-0.39, 0.29) is 5.91 Å². The fraction of sp³-hybridized carbons (Fsp3) is 0.389. The van der Waals surface area contributed by atoms with Crippen molar-refractivity contribution in [3.63, 3.8) is 0 Å². The number of nitrogens with one attached hydrogen (secondary N) is 1. The minimum Gasteiger partial charge on any atom is -0.497 e. The molecule has 0 atom stereocenters. The third-order valence-corrected chi connectivity index (χ3v) is 3.75.